The first kappa shape index (κ1) is 59.4. The highest BCUT2D eigenvalue weighted by Crippen LogP contribution is 2.14. The van der Waals surface area contributed by atoms with Crippen molar-refractivity contribution in [3.8, 4) is 0 Å². The lowest BCUT2D eigenvalue weighted by Crippen LogP contribution is -2.13. The third-order valence-corrected chi connectivity index (χ3v) is 8.80. The van der Waals surface area contributed by atoms with Crippen LogP contribution in [-0.4, -0.2) is 25.2 Å². The minimum Gasteiger partial charge on any atom is -0.299 e. The maximum absolute atomic E-state index is 11.5. The summed E-state index contributed by atoms with van der Waals surface area (Å²) >= 11 is 0. The number of Topliss-reactive ketones (excluding diaryl/α,β-unsaturated/α-hetero) is 2. The van der Waals surface area contributed by atoms with Crippen LogP contribution in [-0.2, 0) is 27.5 Å². The predicted molar refractivity (Wildman–Crippen MR) is 241 cm³/mol. The lowest BCUT2D eigenvalue weighted by molar-refractivity contribution is -0.121. The van der Waals surface area contributed by atoms with Crippen LogP contribution in [0, 0.1) is 17.8 Å². The zero-order valence-electron chi connectivity index (χ0n) is 36.3. The van der Waals surface area contributed by atoms with Crippen LogP contribution in [0.4, 0.5) is 0 Å². The average Bonchev–Trinajstić information content (AvgIpc) is 3.19. The summed E-state index contributed by atoms with van der Waals surface area (Å²) in [5.41, 5.74) is 3.36. The molecule has 0 spiro atoms. The molecule has 0 saturated heterocycles. The quantitative estimate of drug-likeness (QED) is 0.159. The Labute approximate surface area is 335 Å². The molecule has 0 saturated carbocycles. The molecule has 306 valence electrons. The summed E-state index contributed by atoms with van der Waals surface area (Å²) in [6.07, 6.45) is 1.76. The van der Waals surface area contributed by atoms with Crippen LogP contribution in [0.2, 0.25) is 0 Å². The van der Waals surface area contributed by atoms with Crippen molar-refractivity contribution >= 4 is 21.4 Å². The minimum atomic E-state index is -3.08. The summed E-state index contributed by atoms with van der Waals surface area (Å²) in [7, 11) is -3.08. The Balaban J connectivity index is -0.000000185. The Morgan fingerprint density at radius 2 is 0.815 bits per heavy atom. The highest BCUT2D eigenvalue weighted by Gasteiger charge is 2.17. The first-order chi connectivity index (χ1) is 25.2. The number of sulfone groups is 1. The van der Waals surface area contributed by atoms with Crippen LogP contribution in [0.1, 0.15) is 140 Å². The van der Waals surface area contributed by atoms with Crippen molar-refractivity contribution in [1.82, 2.24) is 0 Å². The first-order valence-electron chi connectivity index (χ1n) is 19.7. The van der Waals surface area contributed by atoms with Gasteiger partial charge in [0.1, 0.15) is 5.78 Å². The Hall–Kier alpha value is -3.83. The minimum absolute atomic E-state index is 0. The van der Waals surface area contributed by atoms with E-state index in [1.165, 1.54) is 12.0 Å². The normalized spacial score (nSPS) is 9.33. The molecule has 0 bridgehead atoms. The second-order valence-electron chi connectivity index (χ2n) is 12.2. The molecule has 0 fully saturated rings. The second-order valence-corrected chi connectivity index (χ2v) is 14.7. The van der Waals surface area contributed by atoms with E-state index < -0.39 is 9.84 Å². The van der Waals surface area contributed by atoms with E-state index >= 15 is 0 Å². The van der Waals surface area contributed by atoms with Gasteiger partial charge < -0.3 is 0 Å². The van der Waals surface area contributed by atoms with Gasteiger partial charge in [-0.2, -0.15) is 0 Å². The topological polar surface area (TPSA) is 68.3 Å². The fourth-order valence-corrected chi connectivity index (χ4v) is 4.99. The third-order valence-electron chi connectivity index (χ3n) is 6.63. The fraction of sp³-hybridized carbons (Fsp3) is 0.469. The van der Waals surface area contributed by atoms with Gasteiger partial charge >= 0.3 is 0 Å². The van der Waals surface area contributed by atoms with Gasteiger partial charge in [-0.3, -0.25) is 9.59 Å². The molecule has 0 N–H and O–H groups in total. The maximum atomic E-state index is 11.5. The van der Waals surface area contributed by atoms with Crippen LogP contribution < -0.4 is 0 Å². The molecule has 0 amide bonds. The van der Waals surface area contributed by atoms with E-state index in [2.05, 4.69) is 44.2 Å². The number of rotatable bonds is 9. The van der Waals surface area contributed by atoms with Crippen molar-refractivity contribution in [3.63, 3.8) is 0 Å². The summed E-state index contributed by atoms with van der Waals surface area (Å²) < 4.78 is 23.1. The van der Waals surface area contributed by atoms with Gasteiger partial charge in [0.15, 0.2) is 15.6 Å². The van der Waals surface area contributed by atoms with Gasteiger partial charge in [0.25, 0.3) is 0 Å². The van der Waals surface area contributed by atoms with Gasteiger partial charge in [-0.05, 0) is 49.4 Å². The molecule has 0 aliphatic heterocycles. The largest absolute Gasteiger partial charge is 0.299 e. The molecular weight excluding hydrogens is 685 g/mol. The summed E-state index contributed by atoms with van der Waals surface area (Å²) in [5, 5.41) is -0.347. The molecule has 4 aromatic rings. The van der Waals surface area contributed by atoms with Crippen LogP contribution in [0.25, 0.3) is 0 Å². The molecule has 4 rings (SSSR count). The van der Waals surface area contributed by atoms with E-state index in [-0.39, 0.29) is 30.3 Å². The number of ketones is 2. The number of hydrogen-bond donors (Lipinski definition) is 0. The van der Waals surface area contributed by atoms with Gasteiger partial charge in [-0.25, -0.2) is 8.42 Å². The number of carbonyl (C=O) groups is 2. The molecule has 5 heteroatoms. The van der Waals surface area contributed by atoms with Gasteiger partial charge in [0.05, 0.1) is 10.1 Å². The van der Waals surface area contributed by atoms with E-state index in [0.29, 0.717) is 17.1 Å². The number of benzene rings is 4. The lowest BCUT2D eigenvalue weighted by Gasteiger charge is -2.06. The molecule has 0 atom stereocenters. The summed E-state index contributed by atoms with van der Waals surface area (Å²) in [6, 6.07) is 38.4. The van der Waals surface area contributed by atoms with E-state index in [1.807, 2.05) is 144 Å². The molecule has 0 aliphatic carbocycles. The SMILES string of the molecule is C.CC.CC.CC.CC.CC(C)C(=O)Cc1ccccc1.CC(C)C(=O)c1ccccc1.CC(C)Cc1ccccc1.CC(C)S(=O)(=O)c1ccccc1. The van der Waals surface area contributed by atoms with E-state index in [9.17, 15) is 18.0 Å². The highest BCUT2D eigenvalue weighted by atomic mass is 32.2. The molecule has 0 aliphatic rings. The zero-order valence-corrected chi connectivity index (χ0v) is 37.1. The van der Waals surface area contributed by atoms with Gasteiger partial charge in [0, 0.05) is 23.8 Å². The predicted octanol–water partition coefficient (Wildman–Crippen LogP) is 14.5. The van der Waals surface area contributed by atoms with Crippen molar-refractivity contribution < 1.29 is 18.0 Å². The van der Waals surface area contributed by atoms with E-state index in [1.54, 1.807) is 44.2 Å². The Morgan fingerprint density at radius 3 is 1.13 bits per heavy atom. The molecule has 4 nitrogen and oxygen atoms in total. The van der Waals surface area contributed by atoms with Crippen molar-refractivity contribution in [2.75, 3.05) is 0 Å². The third kappa shape index (κ3) is 29.6. The van der Waals surface area contributed by atoms with E-state index in [0.717, 1.165) is 17.0 Å². The van der Waals surface area contributed by atoms with Crippen LogP contribution >= 0.6 is 0 Å². The average molecular weight is 765 g/mol. The molecular formula is C49H80O4S. The monoisotopic (exact) mass is 765 g/mol. The second kappa shape index (κ2) is 38.9. The number of carbonyl (C=O) groups excluding carboxylic acids is 2. The first-order valence-corrected chi connectivity index (χ1v) is 21.3. The van der Waals surface area contributed by atoms with Crippen molar-refractivity contribution in [2.45, 2.75) is 141 Å². The molecule has 4 aromatic carbocycles. The van der Waals surface area contributed by atoms with Crippen LogP contribution in [0.3, 0.4) is 0 Å². The summed E-state index contributed by atoms with van der Waals surface area (Å²) in [4.78, 5) is 23.1. The van der Waals surface area contributed by atoms with Crippen molar-refractivity contribution in [2.24, 2.45) is 17.8 Å². The maximum Gasteiger partial charge on any atom is 0.180 e. The smallest absolute Gasteiger partial charge is 0.180 e. The molecule has 0 radical (unpaired) electrons. The highest BCUT2D eigenvalue weighted by molar-refractivity contribution is 7.92. The van der Waals surface area contributed by atoms with Gasteiger partial charge in [-0.1, -0.05) is 214 Å². The molecule has 0 unspecified atom stereocenters. The Bertz CT molecular complexity index is 1460. The fourth-order valence-electron chi connectivity index (χ4n) is 3.90. The summed E-state index contributed by atoms with van der Waals surface area (Å²) in [6.45, 7) is 31.5. The van der Waals surface area contributed by atoms with Crippen LogP contribution in [0.15, 0.2) is 126 Å². The number of hydrogen-bond acceptors (Lipinski definition) is 4. The molecule has 0 aromatic heterocycles. The van der Waals surface area contributed by atoms with E-state index in [4.69, 9.17) is 0 Å². The lowest BCUT2D eigenvalue weighted by atomic mass is 10.0. The molecule has 54 heavy (non-hydrogen) atoms. The van der Waals surface area contributed by atoms with Crippen LogP contribution in [0.5, 0.6) is 0 Å². The van der Waals surface area contributed by atoms with Gasteiger partial charge in [-0.15, -0.1) is 0 Å². The van der Waals surface area contributed by atoms with Crippen molar-refractivity contribution in [3.05, 3.63) is 138 Å². The zero-order chi connectivity index (χ0) is 41.8. The van der Waals surface area contributed by atoms with Crippen molar-refractivity contribution in [1.29, 1.82) is 0 Å². The Kier molecular flexibility index (Phi) is 42.8. The Morgan fingerprint density at radius 1 is 0.481 bits per heavy atom. The standard InChI is InChI=1S/C11H14O.C10H12O.C10H14.C9H12O2S.4C2H6.CH4/c1-9(2)11(12)8-10-6-4-3-5-7-10;1-8(2)10(11)9-6-4-3-5-7-9;1-9(2)8-10-6-4-3-5-7-10;1-8(2)12(10,11)9-6-4-3-5-7-9;4*1-2;/h3-7,9H,8H2,1-2H3;3-8H,1-2H3;3-7,9H,8H2,1-2H3;3-8H,1-2H3;4*1-2H3;1H4. The van der Waals surface area contributed by atoms with Gasteiger partial charge in [0.2, 0.25) is 0 Å². The summed E-state index contributed by atoms with van der Waals surface area (Å²) in [5.74, 6) is 1.52. The molecule has 0 heterocycles.